The van der Waals surface area contributed by atoms with Crippen LogP contribution in [0.15, 0.2) is 18.2 Å². The van der Waals surface area contributed by atoms with Gasteiger partial charge in [-0.2, -0.15) is 0 Å². The molecule has 0 aromatic heterocycles. The standard InChI is InChI=1S/C13H15F2NO/c1-9-3-2-6-16(9)8-13(17)11-7-10(14)4-5-12(11)15/h4-5,7,9H,2-3,6,8H2,1H3. The number of halogens is 2. The summed E-state index contributed by atoms with van der Waals surface area (Å²) in [4.78, 5) is 13.9. The number of hydrogen-bond donors (Lipinski definition) is 0. The van der Waals surface area contributed by atoms with E-state index in [-0.39, 0.29) is 17.9 Å². The Morgan fingerprint density at radius 1 is 1.47 bits per heavy atom. The molecule has 1 heterocycles. The van der Waals surface area contributed by atoms with Gasteiger partial charge in [-0.3, -0.25) is 9.69 Å². The summed E-state index contributed by atoms with van der Waals surface area (Å²) in [6, 6.07) is 3.33. The van der Waals surface area contributed by atoms with Crippen molar-refractivity contribution < 1.29 is 13.6 Å². The molecule has 0 amide bonds. The molecular formula is C13H15F2NO. The van der Waals surface area contributed by atoms with E-state index in [1.807, 2.05) is 11.8 Å². The predicted molar refractivity (Wildman–Crippen MR) is 61.0 cm³/mol. The van der Waals surface area contributed by atoms with Crippen LogP contribution < -0.4 is 0 Å². The van der Waals surface area contributed by atoms with E-state index in [9.17, 15) is 13.6 Å². The highest BCUT2D eigenvalue weighted by Crippen LogP contribution is 2.18. The van der Waals surface area contributed by atoms with Crippen molar-refractivity contribution >= 4 is 5.78 Å². The first-order chi connectivity index (χ1) is 8.08. The number of likely N-dealkylation sites (tertiary alicyclic amines) is 1. The SMILES string of the molecule is CC1CCCN1CC(=O)c1cc(F)ccc1F. The minimum atomic E-state index is -0.650. The van der Waals surface area contributed by atoms with E-state index < -0.39 is 11.6 Å². The van der Waals surface area contributed by atoms with Crippen LogP contribution in [0.25, 0.3) is 0 Å². The van der Waals surface area contributed by atoms with E-state index in [2.05, 4.69) is 0 Å². The summed E-state index contributed by atoms with van der Waals surface area (Å²) in [7, 11) is 0. The third kappa shape index (κ3) is 2.69. The summed E-state index contributed by atoms with van der Waals surface area (Å²) in [5.41, 5.74) is -0.149. The minimum Gasteiger partial charge on any atom is -0.293 e. The average molecular weight is 239 g/mol. The molecule has 17 heavy (non-hydrogen) atoms. The first-order valence-electron chi connectivity index (χ1n) is 5.80. The topological polar surface area (TPSA) is 20.3 Å². The van der Waals surface area contributed by atoms with E-state index in [0.29, 0.717) is 6.04 Å². The summed E-state index contributed by atoms with van der Waals surface area (Å²) >= 11 is 0. The third-order valence-corrected chi connectivity index (χ3v) is 3.27. The van der Waals surface area contributed by atoms with Crippen LogP contribution in [0.5, 0.6) is 0 Å². The molecule has 0 bridgehead atoms. The number of rotatable bonds is 3. The number of Topliss-reactive ketones (excluding diaryl/α,β-unsaturated/α-hetero) is 1. The molecule has 0 aliphatic carbocycles. The maximum absolute atomic E-state index is 13.4. The van der Waals surface area contributed by atoms with Crippen molar-refractivity contribution in [3.05, 3.63) is 35.4 Å². The maximum atomic E-state index is 13.4. The number of ketones is 1. The smallest absolute Gasteiger partial charge is 0.179 e. The molecule has 1 aromatic carbocycles. The van der Waals surface area contributed by atoms with Gasteiger partial charge in [0.1, 0.15) is 11.6 Å². The van der Waals surface area contributed by atoms with Gasteiger partial charge >= 0.3 is 0 Å². The highest BCUT2D eigenvalue weighted by atomic mass is 19.1. The van der Waals surface area contributed by atoms with Crippen LogP contribution >= 0.6 is 0 Å². The molecule has 1 unspecified atom stereocenters. The second-order valence-corrected chi connectivity index (χ2v) is 4.51. The van der Waals surface area contributed by atoms with Crippen molar-refractivity contribution in [3.63, 3.8) is 0 Å². The molecule has 1 aliphatic heterocycles. The fourth-order valence-electron chi connectivity index (χ4n) is 2.21. The highest BCUT2D eigenvalue weighted by molar-refractivity contribution is 5.97. The molecule has 2 nitrogen and oxygen atoms in total. The number of carbonyl (C=O) groups excluding carboxylic acids is 1. The molecular weight excluding hydrogens is 224 g/mol. The Hall–Kier alpha value is -1.29. The Bertz CT molecular complexity index is 433. The van der Waals surface area contributed by atoms with Crippen molar-refractivity contribution in [2.24, 2.45) is 0 Å². The zero-order valence-electron chi connectivity index (χ0n) is 9.75. The molecule has 1 aromatic rings. The van der Waals surface area contributed by atoms with Gasteiger partial charge in [-0.15, -0.1) is 0 Å². The highest BCUT2D eigenvalue weighted by Gasteiger charge is 2.24. The Balaban J connectivity index is 2.11. The Labute approximate surface area is 99.2 Å². The summed E-state index contributed by atoms with van der Waals surface area (Å²) in [6.45, 7) is 3.06. The Morgan fingerprint density at radius 2 is 2.24 bits per heavy atom. The summed E-state index contributed by atoms with van der Waals surface area (Å²) in [5.74, 6) is -1.58. The van der Waals surface area contributed by atoms with Crippen LogP contribution in [-0.2, 0) is 0 Å². The first kappa shape index (κ1) is 12.2. The third-order valence-electron chi connectivity index (χ3n) is 3.27. The number of nitrogens with zero attached hydrogens (tertiary/aromatic N) is 1. The van der Waals surface area contributed by atoms with Crippen molar-refractivity contribution in [3.8, 4) is 0 Å². The molecule has 4 heteroatoms. The second kappa shape index (κ2) is 4.92. The number of hydrogen-bond acceptors (Lipinski definition) is 2. The van der Waals surface area contributed by atoms with Crippen molar-refractivity contribution in [2.45, 2.75) is 25.8 Å². The fourth-order valence-corrected chi connectivity index (χ4v) is 2.21. The fraction of sp³-hybridized carbons (Fsp3) is 0.462. The summed E-state index contributed by atoms with van der Waals surface area (Å²) < 4.78 is 26.4. The molecule has 1 fully saturated rings. The molecule has 1 atom stereocenters. The lowest BCUT2D eigenvalue weighted by Gasteiger charge is -2.19. The quantitative estimate of drug-likeness (QED) is 0.756. The van der Waals surface area contributed by atoms with Gasteiger partial charge in [-0.05, 0) is 44.5 Å². The van der Waals surface area contributed by atoms with E-state index in [1.54, 1.807) is 0 Å². The van der Waals surface area contributed by atoms with Gasteiger partial charge in [0.15, 0.2) is 5.78 Å². The lowest BCUT2D eigenvalue weighted by molar-refractivity contribution is 0.0922. The van der Waals surface area contributed by atoms with Crippen LogP contribution in [0.3, 0.4) is 0 Å². The van der Waals surface area contributed by atoms with Gasteiger partial charge in [-0.25, -0.2) is 8.78 Å². The molecule has 0 N–H and O–H groups in total. The minimum absolute atomic E-state index is 0.149. The molecule has 0 spiro atoms. The molecule has 1 aliphatic rings. The van der Waals surface area contributed by atoms with E-state index in [0.717, 1.165) is 37.6 Å². The van der Waals surface area contributed by atoms with Crippen LogP contribution in [-0.4, -0.2) is 29.8 Å². The Kier molecular flexibility index (Phi) is 3.52. The average Bonchev–Trinajstić information content (AvgIpc) is 2.68. The van der Waals surface area contributed by atoms with E-state index in [4.69, 9.17) is 0 Å². The molecule has 0 radical (unpaired) electrons. The summed E-state index contributed by atoms with van der Waals surface area (Å²) in [6.07, 6.45) is 2.11. The zero-order chi connectivity index (χ0) is 12.4. The van der Waals surface area contributed by atoms with Crippen molar-refractivity contribution in [1.29, 1.82) is 0 Å². The van der Waals surface area contributed by atoms with E-state index >= 15 is 0 Å². The second-order valence-electron chi connectivity index (χ2n) is 4.51. The van der Waals surface area contributed by atoms with Crippen LogP contribution in [0.4, 0.5) is 8.78 Å². The van der Waals surface area contributed by atoms with Gasteiger partial charge in [-0.1, -0.05) is 0 Å². The number of carbonyl (C=O) groups is 1. The van der Waals surface area contributed by atoms with Gasteiger partial charge in [0.2, 0.25) is 0 Å². The first-order valence-corrected chi connectivity index (χ1v) is 5.80. The van der Waals surface area contributed by atoms with Crippen LogP contribution in [0.2, 0.25) is 0 Å². The van der Waals surface area contributed by atoms with Gasteiger partial charge in [0, 0.05) is 6.04 Å². The maximum Gasteiger partial charge on any atom is 0.179 e. The van der Waals surface area contributed by atoms with Gasteiger partial charge in [0.05, 0.1) is 12.1 Å². The van der Waals surface area contributed by atoms with Crippen molar-refractivity contribution in [1.82, 2.24) is 4.90 Å². The molecule has 0 saturated carbocycles. The van der Waals surface area contributed by atoms with Crippen LogP contribution in [0.1, 0.15) is 30.1 Å². The lowest BCUT2D eigenvalue weighted by atomic mass is 10.1. The zero-order valence-corrected chi connectivity index (χ0v) is 9.75. The normalized spacial score (nSPS) is 20.8. The molecule has 2 rings (SSSR count). The monoisotopic (exact) mass is 239 g/mol. The molecule has 1 saturated heterocycles. The van der Waals surface area contributed by atoms with Gasteiger partial charge < -0.3 is 0 Å². The van der Waals surface area contributed by atoms with Crippen LogP contribution in [0, 0.1) is 11.6 Å². The molecule has 92 valence electrons. The van der Waals surface area contributed by atoms with Crippen molar-refractivity contribution in [2.75, 3.05) is 13.1 Å². The lowest BCUT2D eigenvalue weighted by Crippen LogP contribution is -2.32. The van der Waals surface area contributed by atoms with Gasteiger partial charge in [0.25, 0.3) is 0 Å². The van der Waals surface area contributed by atoms with E-state index in [1.165, 1.54) is 0 Å². The predicted octanol–water partition coefficient (Wildman–Crippen LogP) is 2.63. The summed E-state index contributed by atoms with van der Waals surface area (Å²) in [5, 5.41) is 0. The number of benzene rings is 1. The largest absolute Gasteiger partial charge is 0.293 e. The Morgan fingerprint density at radius 3 is 2.88 bits per heavy atom.